The molecule has 1 N–H and O–H groups in total. The lowest BCUT2D eigenvalue weighted by atomic mass is 10.1. The van der Waals surface area contributed by atoms with E-state index in [1.807, 2.05) is 30.3 Å². The molecule has 1 heterocycles. The number of Topliss-reactive ketones (excluding diaryl/α,β-unsaturated/α-hetero) is 1. The third-order valence-electron chi connectivity index (χ3n) is 2.17. The van der Waals surface area contributed by atoms with Gasteiger partial charge in [0.25, 0.3) is 0 Å². The fraction of sp³-hybridized carbons (Fsp3) is 0.300. The predicted octanol–water partition coefficient (Wildman–Crippen LogP) is 1.29. The molecule has 1 fully saturated rings. The highest BCUT2D eigenvalue weighted by molar-refractivity contribution is 5.87. The van der Waals surface area contributed by atoms with E-state index >= 15 is 0 Å². The minimum Gasteiger partial charge on any atom is -0.303 e. The molecular weight excluding hydrogens is 150 g/mol. The van der Waals surface area contributed by atoms with Gasteiger partial charge in [0.15, 0.2) is 5.78 Å². The summed E-state index contributed by atoms with van der Waals surface area (Å²) < 4.78 is 0. The van der Waals surface area contributed by atoms with Crippen LogP contribution < -0.4 is 5.32 Å². The molecule has 0 saturated carbocycles. The van der Waals surface area contributed by atoms with Crippen LogP contribution in [-0.2, 0) is 4.79 Å². The van der Waals surface area contributed by atoms with Crippen molar-refractivity contribution in [1.29, 1.82) is 0 Å². The summed E-state index contributed by atoms with van der Waals surface area (Å²) in [6.07, 6.45) is 0.666. The van der Waals surface area contributed by atoms with Gasteiger partial charge in [0.05, 0.1) is 6.04 Å². The standard InChI is InChI=1S/C10H11NO/c12-9-6-7-11-10(9)8-4-2-1-3-5-8/h1-5,10-11H,6-7H2/t10-/m1/s1. The molecule has 1 aromatic rings. The van der Waals surface area contributed by atoms with Gasteiger partial charge in [-0.3, -0.25) is 4.79 Å². The van der Waals surface area contributed by atoms with E-state index in [9.17, 15) is 4.79 Å². The summed E-state index contributed by atoms with van der Waals surface area (Å²) in [5, 5.41) is 3.17. The molecule has 1 saturated heterocycles. The number of ketones is 1. The Kier molecular flexibility index (Phi) is 1.92. The second-order valence-electron chi connectivity index (χ2n) is 3.01. The summed E-state index contributed by atoms with van der Waals surface area (Å²) in [4.78, 5) is 11.3. The highest BCUT2D eigenvalue weighted by Gasteiger charge is 2.24. The Morgan fingerprint density at radius 1 is 1.25 bits per heavy atom. The minimum atomic E-state index is -0.0498. The molecular formula is C10H11NO. The van der Waals surface area contributed by atoms with Gasteiger partial charge in [0.1, 0.15) is 0 Å². The lowest BCUT2D eigenvalue weighted by Crippen LogP contribution is -2.17. The second kappa shape index (κ2) is 3.07. The van der Waals surface area contributed by atoms with Crippen molar-refractivity contribution in [2.75, 3.05) is 6.54 Å². The largest absolute Gasteiger partial charge is 0.303 e. The summed E-state index contributed by atoms with van der Waals surface area (Å²) in [6, 6.07) is 9.81. The third-order valence-corrected chi connectivity index (χ3v) is 2.17. The normalized spacial score (nSPS) is 23.0. The summed E-state index contributed by atoms with van der Waals surface area (Å²) in [7, 11) is 0. The number of carbonyl (C=O) groups is 1. The van der Waals surface area contributed by atoms with Gasteiger partial charge in [-0.25, -0.2) is 0 Å². The summed E-state index contributed by atoms with van der Waals surface area (Å²) >= 11 is 0. The molecule has 2 rings (SSSR count). The van der Waals surface area contributed by atoms with Crippen molar-refractivity contribution in [3.63, 3.8) is 0 Å². The van der Waals surface area contributed by atoms with E-state index in [0.29, 0.717) is 12.2 Å². The van der Waals surface area contributed by atoms with Crippen LogP contribution in [0.3, 0.4) is 0 Å². The molecule has 0 amide bonds. The van der Waals surface area contributed by atoms with Crippen LogP contribution >= 0.6 is 0 Å². The molecule has 1 aromatic carbocycles. The number of benzene rings is 1. The zero-order chi connectivity index (χ0) is 8.39. The summed E-state index contributed by atoms with van der Waals surface area (Å²) in [5.41, 5.74) is 1.08. The van der Waals surface area contributed by atoms with Gasteiger partial charge in [-0.05, 0) is 5.56 Å². The first-order chi connectivity index (χ1) is 5.88. The molecule has 1 aliphatic rings. The van der Waals surface area contributed by atoms with E-state index in [1.54, 1.807) is 0 Å². The van der Waals surface area contributed by atoms with Gasteiger partial charge >= 0.3 is 0 Å². The fourth-order valence-electron chi connectivity index (χ4n) is 1.55. The van der Waals surface area contributed by atoms with Crippen molar-refractivity contribution in [3.8, 4) is 0 Å². The highest BCUT2D eigenvalue weighted by atomic mass is 16.1. The molecule has 2 heteroatoms. The number of hydrogen-bond donors (Lipinski definition) is 1. The van der Waals surface area contributed by atoms with E-state index in [1.165, 1.54) is 0 Å². The molecule has 0 bridgehead atoms. The number of carbonyl (C=O) groups excluding carboxylic acids is 1. The average Bonchev–Trinajstić information content (AvgIpc) is 2.53. The van der Waals surface area contributed by atoms with E-state index < -0.39 is 0 Å². The predicted molar refractivity (Wildman–Crippen MR) is 46.8 cm³/mol. The summed E-state index contributed by atoms with van der Waals surface area (Å²) in [6.45, 7) is 0.818. The molecule has 0 radical (unpaired) electrons. The lowest BCUT2D eigenvalue weighted by Gasteiger charge is -2.07. The van der Waals surface area contributed by atoms with Crippen LogP contribution in [0, 0.1) is 0 Å². The Hall–Kier alpha value is -1.15. The molecule has 0 unspecified atom stereocenters. The third kappa shape index (κ3) is 1.25. The van der Waals surface area contributed by atoms with Crippen LogP contribution in [0.4, 0.5) is 0 Å². The van der Waals surface area contributed by atoms with Gasteiger partial charge in [-0.1, -0.05) is 30.3 Å². The van der Waals surface area contributed by atoms with Crippen molar-refractivity contribution in [3.05, 3.63) is 35.9 Å². The molecule has 12 heavy (non-hydrogen) atoms. The van der Waals surface area contributed by atoms with E-state index in [2.05, 4.69) is 5.32 Å². The smallest absolute Gasteiger partial charge is 0.155 e. The van der Waals surface area contributed by atoms with Crippen molar-refractivity contribution >= 4 is 5.78 Å². The van der Waals surface area contributed by atoms with Crippen molar-refractivity contribution < 1.29 is 4.79 Å². The molecule has 62 valence electrons. The van der Waals surface area contributed by atoms with Crippen LogP contribution in [0.15, 0.2) is 30.3 Å². The minimum absolute atomic E-state index is 0.0498. The highest BCUT2D eigenvalue weighted by Crippen LogP contribution is 2.18. The first-order valence-electron chi connectivity index (χ1n) is 4.19. The van der Waals surface area contributed by atoms with Crippen LogP contribution in [0.25, 0.3) is 0 Å². The molecule has 0 aliphatic carbocycles. The van der Waals surface area contributed by atoms with Gasteiger partial charge in [0, 0.05) is 13.0 Å². The first-order valence-corrected chi connectivity index (χ1v) is 4.19. The van der Waals surface area contributed by atoms with Gasteiger partial charge in [-0.2, -0.15) is 0 Å². The summed E-state index contributed by atoms with van der Waals surface area (Å²) in [5.74, 6) is 0.307. The van der Waals surface area contributed by atoms with E-state index in [0.717, 1.165) is 12.1 Å². The van der Waals surface area contributed by atoms with Crippen molar-refractivity contribution in [1.82, 2.24) is 5.32 Å². The average molecular weight is 161 g/mol. The molecule has 0 aromatic heterocycles. The number of nitrogens with one attached hydrogen (secondary N) is 1. The maximum absolute atomic E-state index is 11.3. The Morgan fingerprint density at radius 2 is 2.00 bits per heavy atom. The van der Waals surface area contributed by atoms with E-state index in [-0.39, 0.29) is 6.04 Å². The van der Waals surface area contributed by atoms with Gasteiger partial charge in [-0.15, -0.1) is 0 Å². The maximum Gasteiger partial charge on any atom is 0.155 e. The van der Waals surface area contributed by atoms with Crippen LogP contribution in [0.1, 0.15) is 18.0 Å². The molecule has 1 aliphatic heterocycles. The Balaban J connectivity index is 2.25. The molecule has 0 spiro atoms. The quantitative estimate of drug-likeness (QED) is 0.672. The second-order valence-corrected chi connectivity index (χ2v) is 3.01. The number of rotatable bonds is 1. The lowest BCUT2D eigenvalue weighted by molar-refractivity contribution is -0.118. The first kappa shape index (κ1) is 7.50. The van der Waals surface area contributed by atoms with Crippen LogP contribution in [0.5, 0.6) is 0 Å². The van der Waals surface area contributed by atoms with Gasteiger partial charge < -0.3 is 5.32 Å². The SMILES string of the molecule is O=C1CCN[C@@H]1c1ccccc1. The number of hydrogen-bond acceptors (Lipinski definition) is 2. The zero-order valence-electron chi connectivity index (χ0n) is 6.79. The Morgan fingerprint density at radius 3 is 2.58 bits per heavy atom. The molecule has 2 nitrogen and oxygen atoms in total. The monoisotopic (exact) mass is 161 g/mol. The topological polar surface area (TPSA) is 29.1 Å². The van der Waals surface area contributed by atoms with Crippen molar-refractivity contribution in [2.45, 2.75) is 12.5 Å². The fourth-order valence-corrected chi connectivity index (χ4v) is 1.55. The zero-order valence-corrected chi connectivity index (χ0v) is 6.79. The Labute approximate surface area is 71.6 Å². The maximum atomic E-state index is 11.3. The van der Waals surface area contributed by atoms with Crippen molar-refractivity contribution in [2.24, 2.45) is 0 Å². The Bertz CT molecular complexity index is 281. The van der Waals surface area contributed by atoms with E-state index in [4.69, 9.17) is 0 Å². The van der Waals surface area contributed by atoms with Crippen LogP contribution in [0.2, 0.25) is 0 Å². The van der Waals surface area contributed by atoms with Crippen LogP contribution in [-0.4, -0.2) is 12.3 Å². The van der Waals surface area contributed by atoms with Gasteiger partial charge in [0.2, 0.25) is 0 Å². The molecule has 1 atom stereocenters.